The minimum absolute atomic E-state index is 0.0719. The maximum absolute atomic E-state index is 12.9. The summed E-state index contributed by atoms with van der Waals surface area (Å²) in [4.78, 5) is 62.0. The third-order valence-electron chi connectivity index (χ3n) is 5.17. The fraction of sp³-hybridized carbons (Fsp3) is 0.429. The Balaban J connectivity index is 1.61. The molecule has 3 N–H and O–H groups in total. The number of aromatic nitrogens is 2. The average molecular weight is 508 g/mol. The van der Waals surface area contributed by atoms with Gasteiger partial charge in [-0.05, 0) is 19.2 Å². The van der Waals surface area contributed by atoms with Crippen molar-refractivity contribution in [3.8, 4) is 0 Å². The van der Waals surface area contributed by atoms with E-state index in [0.717, 1.165) is 30.1 Å². The number of nitrogens with one attached hydrogen (secondary N) is 3. The predicted molar refractivity (Wildman–Crippen MR) is 128 cm³/mol. The SMILES string of the molecule is CC(=O)N(C)CC(CNC(=O)C(=O)Nc1ccc(Cl)cn1)NC(=O)c1nc2c(s1)CN(C)CC2. The molecule has 0 saturated carbocycles. The number of pyridine rings is 1. The summed E-state index contributed by atoms with van der Waals surface area (Å²) >= 11 is 7.09. The molecule has 2 aromatic rings. The van der Waals surface area contributed by atoms with E-state index < -0.39 is 23.8 Å². The topological polar surface area (TPSA) is 137 Å². The number of nitrogens with zero attached hydrogens (tertiary/aromatic N) is 4. The van der Waals surface area contributed by atoms with Gasteiger partial charge in [-0.3, -0.25) is 19.2 Å². The summed E-state index contributed by atoms with van der Waals surface area (Å²) in [6.07, 6.45) is 2.12. The second-order valence-electron chi connectivity index (χ2n) is 7.97. The molecule has 1 aliphatic rings. The van der Waals surface area contributed by atoms with Crippen molar-refractivity contribution in [1.82, 2.24) is 30.4 Å². The lowest BCUT2D eigenvalue weighted by Gasteiger charge is -2.24. The smallest absolute Gasteiger partial charge is 0.314 e. The van der Waals surface area contributed by atoms with E-state index in [4.69, 9.17) is 11.6 Å². The highest BCUT2D eigenvalue weighted by Gasteiger charge is 2.25. The summed E-state index contributed by atoms with van der Waals surface area (Å²) < 4.78 is 0. The number of likely N-dealkylation sites (N-methyl/N-ethyl adjacent to an activating group) is 2. The number of hydrogen-bond acceptors (Lipinski definition) is 8. The number of thiazole rings is 1. The largest absolute Gasteiger partial charge is 0.346 e. The van der Waals surface area contributed by atoms with Gasteiger partial charge in [0.1, 0.15) is 5.82 Å². The molecular formula is C21H26ClN7O4S. The zero-order valence-electron chi connectivity index (χ0n) is 19.1. The second kappa shape index (κ2) is 11.4. The van der Waals surface area contributed by atoms with Crippen LogP contribution in [0, 0.1) is 0 Å². The maximum Gasteiger partial charge on any atom is 0.314 e. The Hall–Kier alpha value is -3.09. The zero-order chi connectivity index (χ0) is 24.8. The molecule has 1 aliphatic heterocycles. The van der Waals surface area contributed by atoms with Gasteiger partial charge in [0, 0.05) is 57.6 Å². The van der Waals surface area contributed by atoms with Crippen molar-refractivity contribution in [3.63, 3.8) is 0 Å². The molecule has 3 rings (SSSR count). The van der Waals surface area contributed by atoms with Gasteiger partial charge in [0.05, 0.1) is 16.8 Å². The summed E-state index contributed by atoms with van der Waals surface area (Å²) in [7, 11) is 3.60. The Kier molecular flexibility index (Phi) is 8.53. The minimum atomic E-state index is -0.920. The van der Waals surface area contributed by atoms with Gasteiger partial charge in [-0.2, -0.15) is 0 Å². The highest BCUT2D eigenvalue weighted by molar-refractivity contribution is 7.13. The maximum atomic E-state index is 12.9. The fourth-order valence-corrected chi connectivity index (χ4v) is 4.41. The molecule has 34 heavy (non-hydrogen) atoms. The number of anilines is 1. The van der Waals surface area contributed by atoms with Crippen LogP contribution in [-0.2, 0) is 27.3 Å². The molecule has 182 valence electrons. The predicted octanol–water partition coefficient (Wildman–Crippen LogP) is 0.511. The van der Waals surface area contributed by atoms with Crippen molar-refractivity contribution in [2.75, 3.05) is 39.0 Å². The highest BCUT2D eigenvalue weighted by Crippen LogP contribution is 2.24. The number of halogens is 1. The van der Waals surface area contributed by atoms with E-state index >= 15 is 0 Å². The van der Waals surface area contributed by atoms with Crippen LogP contribution < -0.4 is 16.0 Å². The van der Waals surface area contributed by atoms with E-state index in [9.17, 15) is 19.2 Å². The first-order chi connectivity index (χ1) is 16.1. The molecule has 11 nitrogen and oxygen atoms in total. The van der Waals surface area contributed by atoms with Crippen LogP contribution in [0.25, 0.3) is 0 Å². The molecule has 0 saturated heterocycles. The van der Waals surface area contributed by atoms with Crippen LogP contribution in [0.1, 0.15) is 27.3 Å². The Morgan fingerprint density at radius 1 is 1.26 bits per heavy atom. The van der Waals surface area contributed by atoms with Crippen molar-refractivity contribution >= 4 is 52.4 Å². The lowest BCUT2D eigenvalue weighted by molar-refractivity contribution is -0.136. The third-order valence-corrected chi connectivity index (χ3v) is 6.47. The molecule has 0 fully saturated rings. The average Bonchev–Trinajstić information content (AvgIpc) is 3.22. The quantitative estimate of drug-likeness (QED) is 0.464. The van der Waals surface area contributed by atoms with E-state index in [-0.39, 0.29) is 24.8 Å². The molecule has 1 atom stereocenters. The van der Waals surface area contributed by atoms with Crippen LogP contribution in [0.15, 0.2) is 18.3 Å². The molecule has 4 amide bonds. The number of rotatable bonds is 7. The van der Waals surface area contributed by atoms with E-state index in [1.54, 1.807) is 7.05 Å². The van der Waals surface area contributed by atoms with Crippen LogP contribution in [0.4, 0.5) is 5.82 Å². The van der Waals surface area contributed by atoms with E-state index in [2.05, 4.69) is 30.8 Å². The van der Waals surface area contributed by atoms with Gasteiger partial charge >= 0.3 is 11.8 Å². The summed E-state index contributed by atoms with van der Waals surface area (Å²) in [5, 5.41) is 8.39. The van der Waals surface area contributed by atoms with Gasteiger partial charge in [-0.15, -0.1) is 11.3 Å². The molecule has 0 radical (unpaired) electrons. The van der Waals surface area contributed by atoms with Gasteiger partial charge in [0.25, 0.3) is 5.91 Å². The zero-order valence-corrected chi connectivity index (χ0v) is 20.6. The van der Waals surface area contributed by atoms with Crippen molar-refractivity contribution in [3.05, 3.63) is 38.9 Å². The first kappa shape index (κ1) is 25.5. The Morgan fingerprint density at radius 3 is 2.71 bits per heavy atom. The normalized spacial score (nSPS) is 14.0. The molecule has 3 heterocycles. The lowest BCUT2D eigenvalue weighted by Crippen LogP contribution is -2.51. The van der Waals surface area contributed by atoms with Gasteiger partial charge in [-0.1, -0.05) is 11.6 Å². The van der Waals surface area contributed by atoms with Gasteiger partial charge in [0.15, 0.2) is 5.01 Å². The van der Waals surface area contributed by atoms with Crippen molar-refractivity contribution in [2.45, 2.75) is 25.9 Å². The number of hydrogen-bond donors (Lipinski definition) is 3. The Bertz CT molecular complexity index is 1080. The number of fused-ring (bicyclic) bond motifs is 1. The van der Waals surface area contributed by atoms with Crippen molar-refractivity contribution < 1.29 is 19.2 Å². The molecule has 0 aliphatic carbocycles. The second-order valence-corrected chi connectivity index (χ2v) is 9.49. The summed E-state index contributed by atoms with van der Waals surface area (Å²) in [6.45, 7) is 3.08. The third kappa shape index (κ3) is 6.95. The first-order valence-corrected chi connectivity index (χ1v) is 11.7. The first-order valence-electron chi connectivity index (χ1n) is 10.5. The van der Waals surface area contributed by atoms with Crippen LogP contribution in [-0.4, -0.2) is 83.2 Å². The summed E-state index contributed by atoms with van der Waals surface area (Å²) in [5.41, 5.74) is 0.923. The lowest BCUT2D eigenvalue weighted by atomic mass is 10.2. The minimum Gasteiger partial charge on any atom is -0.346 e. The van der Waals surface area contributed by atoms with Crippen LogP contribution in [0.3, 0.4) is 0 Å². The van der Waals surface area contributed by atoms with Crippen LogP contribution in [0.2, 0.25) is 5.02 Å². The Labute approximate surface area is 205 Å². The molecule has 0 bridgehead atoms. The molecule has 0 aromatic carbocycles. The summed E-state index contributed by atoms with van der Waals surface area (Å²) in [5.74, 6) is -2.26. The number of carbonyl (C=O) groups excluding carboxylic acids is 4. The fourth-order valence-electron chi connectivity index (χ4n) is 3.21. The van der Waals surface area contributed by atoms with Crippen LogP contribution in [0.5, 0.6) is 0 Å². The monoisotopic (exact) mass is 507 g/mol. The van der Waals surface area contributed by atoms with Gasteiger partial charge < -0.3 is 25.8 Å². The van der Waals surface area contributed by atoms with Crippen LogP contribution >= 0.6 is 22.9 Å². The molecule has 13 heteroatoms. The highest BCUT2D eigenvalue weighted by atomic mass is 35.5. The summed E-state index contributed by atoms with van der Waals surface area (Å²) in [6, 6.07) is 2.35. The van der Waals surface area contributed by atoms with Gasteiger partial charge in [-0.25, -0.2) is 9.97 Å². The van der Waals surface area contributed by atoms with Gasteiger partial charge in [0.2, 0.25) is 5.91 Å². The molecular weight excluding hydrogens is 482 g/mol. The van der Waals surface area contributed by atoms with Crippen molar-refractivity contribution in [1.29, 1.82) is 0 Å². The van der Waals surface area contributed by atoms with E-state index in [1.807, 2.05) is 7.05 Å². The molecule has 0 spiro atoms. The van der Waals surface area contributed by atoms with Crippen molar-refractivity contribution in [2.24, 2.45) is 0 Å². The molecule has 1 unspecified atom stereocenters. The molecule has 2 aromatic heterocycles. The van der Waals surface area contributed by atoms with E-state index in [0.29, 0.717) is 10.0 Å². The standard InChI is InChI=1S/C21H26ClN7O4S/c1-12(30)29(3)10-14(9-24-18(31)19(32)27-17-5-4-13(22)8-23-17)25-20(33)21-26-15-6-7-28(2)11-16(15)34-21/h4-5,8,14H,6-7,9-11H2,1-3H3,(H,24,31)(H,25,33)(H,23,27,32). The number of amides is 4. The Morgan fingerprint density at radius 2 is 2.03 bits per heavy atom. The number of carbonyl (C=O) groups is 4. The van der Waals surface area contributed by atoms with E-state index in [1.165, 1.54) is 41.5 Å².